The Labute approximate surface area is 116 Å². The lowest BCUT2D eigenvalue weighted by atomic mass is 10.1. The lowest BCUT2D eigenvalue weighted by molar-refractivity contribution is 0.180. The van der Waals surface area contributed by atoms with E-state index in [-0.39, 0.29) is 12.6 Å². The highest BCUT2D eigenvalue weighted by atomic mass is 79.9. The van der Waals surface area contributed by atoms with Crippen molar-refractivity contribution in [2.45, 2.75) is 13.3 Å². The van der Waals surface area contributed by atoms with E-state index >= 15 is 0 Å². The van der Waals surface area contributed by atoms with E-state index in [2.05, 4.69) is 21.2 Å². The summed E-state index contributed by atoms with van der Waals surface area (Å²) in [4.78, 5) is 13.3. The van der Waals surface area contributed by atoms with Gasteiger partial charge in [-0.2, -0.15) is 0 Å². The van der Waals surface area contributed by atoms with Crippen molar-refractivity contribution in [1.82, 2.24) is 10.2 Å². The van der Waals surface area contributed by atoms with E-state index in [0.717, 1.165) is 10.9 Å². The molecule has 0 heterocycles. The predicted octanol–water partition coefficient (Wildman–Crippen LogP) is 2.02. The first kappa shape index (κ1) is 15.0. The lowest BCUT2D eigenvalue weighted by Crippen LogP contribution is -2.42. The number of aliphatic hydroxyl groups excluding tert-OH is 1. The second kappa shape index (κ2) is 8.11. The van der Waals surface area contributed by atoms with Crippen molar-refractivity contribution in [3.8, 4) is 0 Å². The van der Waals surface area contributed by atoms with Crippen LogP contribution in [-0.4, -0.2) is 42.3 Å². The van der Waals surface area contributed by atoms with Crippen LogP contribution >= 0.6 is 15.9 Å². The molecule has 2 amide bonds. The van der Waals surface area contributed by atoms with Crippen LogP contribution in [0.25, 0.3) is 0 Å². The topological polar surface area (TPSA) is 52.6 Å². The van der Waals surface area contributed by atoms with Crippen molar-refractivity contribution in [1.29, 1.82) is 0 Å². The van der Waals surface area contributed by atoms with E-state index in [1.54, 1.807) is 4.90 Å². The van der Waals surface area contributed by atoms with Gasteiger partial charge in [0.15, 0.2) is 0 Å². The third-order valence-electron chi connectivity index (χ3n) is 2.62. The number of aliphatic hydroxyl groups is 1. The summed E-state index contributed by atoms with van der Waals surface area (Å²) in [6.07, 6.45) is 0.794. The number of halogens is 1. The number of hydrogen-bond acceptors (Lipinski definition) is 2. The van der Waals surface area contributed by atoms with Crippen LogP contribution in [0, 0.1) is 0 Å². The molecule has 0 saturated carbocycles. The van der Waals surface area contributed by atoms with Gasteiger partial charge in [0.1, 0.15) is 0 Å². The van der Waals surface area contributed by atoms with Gasteiger partial charge in [0, 0.05) is 24.1 Å². The predicted molar refractivity (Wildman–Crippen MR) is 75.6 cm³/mol. The van der Waals surface area contributed by atoms with Crippen LogP contribution in [0.4, 0.5) is 4.79 Å². The average molecular weight is 315 g/mol. The number of benzene rings is 1. The van der Waals surface area contributed by atoms with Crippen LogP contribution in [-0.2, 0) is 6.42 Å². The summed E-state index contributed by atoms with van der Waals surface area (Å²) < 4.78 is 1.04. The van der Waals surface area contributed by atoms with Crippen molar-refractivity contribution in [2.24, 2.45) is 0 Å². The lowest BCUT2D eigenvalue weighted by Gasteiger charge is -2.20. The molecule has 5 heteroatoms. The zero-order valence-corrected chi connectivity index (χ0v) is 12.1. The molecule has 0 aliphatic rings. The molecule has 0 aliphatic heterocycles. The van der Waals surface area contributed by atoms with Gasteiger partial charge >= 0.3 is 6.03 Å². The maximum absolute atomic E-state index is 11.7. The summed E-state index contributed by atoms with van der Waals surface area (Å²) in [5, 5.41) is 11.7. The molecule has 18 heavy (non-hydrogen) atoms. The van der Waals surface area contributed by atoms with Crippen LogP contribution in [0.3, 0.4) is 0 Å². The van der Waals surface area contributed by atoms with E-state index in [1.807, 2.05) is 31.2 Å². The Bertz CT molecular complexity index is 385. The molecule has 0 aliphatic carbocycles. The van der Waals surface area contributed by atoms with E-state index in [9.17, 15) is 4.79 Å². The Morgan fingerprint density at radius 1 is 1.50 bits per heavy atom. The minimum Gasteiger partial charge on any atom is -0.395 e. The normalized spacial score (nSPS) is 10.2. The van der Waals surface area contributed by atoms with Crippen LogP contribution in [0.1, 0.15) is 12.5 Å². The zero-order valence-electron chi connectivity index (χ0n) is 10.5. The molecule has 1 aromatic carbocycles. The van der Waals surface area contributed by atoms with E-state index in [4.69, 9.17) is 5.11 Å². The third-order valence-corrected chi connectivity index (χ3v) is 3.11. The van der Waals surface area contributed by atoms with E-state index in [1.165, 1.54) is 5.56 Å². The summed E-state index contributed by atoms with van der Waals surface area (Å²) in [5.41, 5.74) is 1.18. The highest BCUT2D eigenvalue weighted by Crippen LogP contribution is 2.11. The van der Waals surface area contributed by atoms with Crippen LogP contribution < -0.4 is 5.32 Å². The first-order valence-electron chi connectivity index (χ1n) is 6.05. The van der Waals surface area contributed by atoms with Gasteiger partial charge in [-0.25, -0.2) is 4.79 Å². The molecule has 1 aromatic rings. The SMILES string of the molecule is CCN(CCO)C(=O)NCCc1cccc(Br)c1. The Hall–Kier alpha value is -1.07. The van der Waals surface area contributed by atoms with Crippen LogP contribution in [0.15, 0.2) is 28.7 Å². The summed E-state index contributed by atoms with van der Waals surface area (Å²) in [6.45, 7) is 3.45. The first-order valence-corrected chi connectivity index (χ1v) is 6.84. The highest BCUT2D eigenvalue weighted by molar-refractivity contribution is 9.10. The molecule has 1 rings (SSSR count). The smallest absolute Gasteiger partial charge is 0.317 e. The standard InChI is InChI=1S/C13H19BrN2O2/c1-2-16(8-9-17)13(18)15-7-6-11-4-3-5-12(14)10-11/h3-5,10,17H,2,6-9H2,1H3,(H,15,18). The number of nitrogens with one attached hydrogen (secondary N) is 1. The Kier molecular flexibility index (Phi) is 6.75. The van der Waals surface area contributed by atoms with Crippen LogP contribution in [0.5, 0.6) is 0 Å². The molecule has 100 valence electrons. The molecule has 0 unspecified atom stereocenters. The molecule has 0 bridgehead atoms. The van der Waals surface area contributed by atoms with E-state index in [0.29, 0.717) is 19.6 Å². The molecule has 0 fully saturated rings. The third kappa shape index (κ3) is 5.06. The largest absolute Gasteiger partial charge is 0.395 e. The van der Waals surface area contributed by atoms with Crippen molar-refractivity contribution >= 4 is 22.0 Å². The summed E-state index contributed by atoms with van der Waals surface area (Å²) in [7, 11) is 0. The minimum absolute atomic E-state index is 0.00705. The van der Waals surface area contributed by atoms with Gasteiger partial charge in [-0.05, 0) is 31.0 Å². The van der Waals surface area contributed by atoms with Gasteiger partial charge < -0.3 is 15.3 Å². The van der Waals surface area contributed by atoms with Crippen molar-refractivity contribution in [3.05, 3.63) is 34.3 Å². The number of amides is 2. The number of likely N-dealkylation sites (N-methyl/N-ethyl adjacent to an activating group) is 1. The molecule has 4 nitrogen and oxygen atoms in total. The van der Waals surface area contributed by atoms with Crippen molar-refractivity contribution < 1.29 is 9.90 Å². The Balaban J connectivity index is 2.35. The summed E-state index contributed by atoms with van der Waals surface area (Å²) in [6, 6.07) is 7.90. The number of rotatable bonds is 6. The van der Waals surface area contributed by atoms with Gasteiger partial charge in [0.05, 0.1) is 6.61 Å². The second-order valence-electron chi connectivity index (χ2n) is 3.92. The molecule has 0 aromatic heterocycles. The molecular weight excluding hydrogens is 296 g/mol. The van der Waals surface area contributed by atoms with Crippen molar-refractivity contribution in [3.63, 3.8) is 0 Å². The summed E-state index contributed by atoms with van der Waals surface area (Å²) >= 11 is 3.41. The number of nitrogens with zero attached hydrogens (tertiary/aromatic N) is 1. The average Bonchev–Trinajstić information content (AvgIpc) is 2.36. The van der Waals surface area contributed by atoms with E-state index < -0.39 is 0 Å². The number of hydrogen-bond donors (Lipinski definition) is 2. The quantitative estimate of drug-likeness (QED) is 0.844. The summed E-state index contributed by atoms with van der Waals surface area (Å²) in [5.74, 6) is 0. The molecule has 0 saturated heterocycles. The number of carbonyl (C=O) groups excluding carboxylic acids is 1. The molecular formula is C13H19BrN2O2. The number of carbonyl (C=O) groups is 1. The zero-order chi connectivity index (χ0) is 13.4. The maximum atomic E-state index is 11.7. The van der Waals surface area contributed by atoms with Gasteiger partial charge in [-0.15, -0.1) is 0 Å². The van der Waals surface area contributed by atoms with Gasteiger partial charge in [-0.3, -0.25) is 0 Å². The molecule has 2 N–H and O–H groups in total. The first-order chi connectivity index (χ1) is 8.67. The molecule has 0 spiro atoms. The number of urea groups is 1. The molecule has 0 radical (unpaired) electrons. The molecule has 0 atom stereocenters. The fraction of sp³-hybridized carbons (Fsp3) is 0.462. The van der Waals surface area contributed by atoms with Crippen LogP contribution in [0.2, 0.25) is 0 Å². The Morgan fingerprint density at radius 3 is 2.89 bits per heavy atom. The fourth-order valence-electron chi connectivity index (χ4n) is 1.64. The highest BCUT2D eigenvalue weighted by Gasteiger charge is 2.09. The van der Waals surface area contributed by atoms with Gasteiger partial charge in [-0.1, -0.05) is 28.1 Å². The van der Waals surface area contributed by atoms with Crippen molar-refractivity contribution in [2.75, 3.05) is 26.2 Å². The minimum atomic E-state index is -0.124. The van der Waals surface area contributed by atoms with Gasteiger partial charge in [0.25, 0.3) is 0 Å². The fourth-order valence-corrected chi connectivity index (χ4v) is 2.09. The Morgan fingerprint density at radius 2 is 2.28 bits per heavy atom. The monoisotopic (exact) mass is 314 g/mol. The second-order valence-corrected chi connectivity index (χ2v) is 4.83. The maximum Gasteiger partial charge on any atom is 0.317 e. The van der Waals surface area contributed by atoms with Gasteiger partial charge in [0.2, 0.25) is 0 Å².